The molecule has 6 heteroatoms. The summed E-state index contributed by atoms with van der Waals surface area (Å²) in [5, 5.41) is 1.21. The molecule has 3 aromatic heterocycles. The Balaban J connectivity index is 1.83. The van der Waals surface area contributed by atoms with E-state index in [0.29, 0.717) is 0 Å². The summed E-state index contributed by atoms with van der Waals surface area (Å²) < 4.78 is 0. The summed E-state index contributed by atoms with van der Waals surface area (Å²) in [6.07, 6.45) is 4.42. The number of fused-ring (bicyclic) bond motifs is 2. The SMILES string of the molecule is Cc1sc2ncnc(N3CCc4nc[nH]c4C3)c2c1C. The van der Waals surface area contributed by atoms with Crippen molar-refractivity contribution in [2.75, 3.05) is 11.4 Å². The fourth-order valence-corrected chi connectivity index (χ4v) is 3.79. The van der Waals surface area contributed by atoms with Gasteiger partial charge in [-0.15, -0.1) is 11.3 Å². The van der Waals surface area contributed by atoms with Gasteiger partial charge in [0.1, 0.15) is 17.0 Å². The zero-order valence-electron chi connectivity index (χ0n) is 11.5. The van der Waals surface area contributed by atoms with Crippen LogP contribution in [0, 0.1) is 13.8 Å². The Morgan fingerprint density at radius 1 is 1.25 bits per heavy atom. The highest BCUT2D eigenvalue weighted by Gasteiger charge is 2.22. The third-order valence-corrected chi connectivity index (χ3v) is 5.14. The number of thiophene rings is 1. The second-order valence-corrected chi connectivity index (χ2v) is 6.36. The van der Waals surface area contributed by atoms with Gasteiger partial charge in [0.05, 0.1) is 29.6 Å². The average Bonchev–Trinajstić information content (AvgIpc) is 3.03. The third-order valence-electron chi connectivity index (χ3n) is 4.02. The first-order valence-electron chi connectivity index (χ1n) is 6.71. The highest BCUT2D eigenvalue weighted by molar-refractivity contribution is 7.18. The summed E-state index contributed by atoms with van der Waals surface area (Å²) in [5.74, 6) is 1.05. The van der Waals surface area contributed by atoms with Crippen molar-refractivity contribution in [3.05, 3.63) is 34.5 Å². The molecular weight excluding hydrogens is 270 g/mol. The van der Waals surface area contributed by atoms with Gasteiger partial charge in [0.25, 0.3) is 0 Å². The summed E-state index contributed by atoms with van der Waals surface area (Å²) in [4.78, 5) is 21.3. The summed E-state index contributed by atoms with van der Waals surface area (Å²) in [5.41, 5.74) is 3.69. The molecular formula is C14H15N5S. The van der Waals surface area contributed by atoms with Gasteiger partial charge in [-0.2, -0.15) is 0 Å². The standard InChI is InChI=1S/C14H15N5S/c1-8-9(2)20-14-12(8)13(17-7-18-14)19-4-3-10-11(5-19)16-6-15-10/h6-7H,3-5H2,1-2H3,(H,15,16). The summed E-state index contributed by atoms with van der Waals surface area (Å²) >= 11 is 1.75. The van der Waals surface area contributed by atoms with Gasteiger partial charge in [0.15, 0.2) is 0 Å². The molecule has 0 aliphatic carbocycles. The van der Waals surface area contributed by atoms with E-state index < -0.39 is 0 Å². The van der Waals surface area contributed by atoms with E-state index in [9.17, 15) is 0 Å². The van der Waals surface area contributed by atoms with Crippen molar-refractivity contribution in [1.82, 2.24) is 19.9 Å². The van der Waals surface area contributed by atoms with Crippen molar-refractivity contribution >= 4 is 27.4 Å². The van der Waals surface area contributed by atoms with Gasteiger partial charge in [-0.3, -0.25) is 0 Å². The van der Waals surface area contributed by atoms with Crippen LogP contribution in [0.15, 0.2) is 12.7 Å². The lowest BCUT2D eigenvalue weighted by Crippen LogP contribution is -2.31. The lowest BCUT2D eigenvalue weighted by atomic mass is 10.1. The van der Waals surface area contributed by atoms with Crippen molar-refractivity contribution in [2.24, 2.45) is 0 Å². The van der Waals surface area contributed by atoms with E-state index in [2.05, 4.69) is 38.7 Å². The van der Waals surface area contributed by atoms with Gasteiger partial charge in [0, 0.05) is 17.8 Å². The minimum absolute atomic E-state index is 0.843. The van der Waals surface area contributed by atoms with E-state index in [4.69, 9.17) is 0 Å². The Bertz CT molecular complexity index is 788. The maximum Gasteiger partial charge on any atom is 0.141 e. The van der Waals surface area contributed by atoms with Gasteiger partial charge in [-0.25, -0.2) is 15.0 Å². The van der Waals surface area contributed by atoms with Gasteiger partial charge < -0.3 is 9.88 Å². The zero-order chi connectivity index (χ0) is 13.7. The quantitative estimate of drug-likeness (QED) is 0.746. The number of aromatic nitrogens is 4. The Morgan fingerprint density at radius 3 is 3.05 bits per heavy atom. The van der Waals surface area contributed by atoms with E-state index >= 15 is 0 Å². The molecule has 0 atom stereocenters. The molecule has 0 unspecified atom stereocenters. The van der Waals surface area contributed by atoms with Crippen LogP contribution in [0.5, 0.6) is 0 Å². The van der Waals surface area contributed by atoms with E-state index in [1.165, 1.54) is 27.2 Å². The first-order valence-corrected chi connectivity index (χ1v) is 7.52. The first-order chi connectivity index (χ1) is 9.74. The molecule has 0 saturated heterocycles. The molecule has 5 nitrogen and oxygen atoms in total. The van der Waals surface area contributed by atoms with Crippen LogP contribution >= 0.6 is 11.3 Å². The molecule has 0 aromatic carbocycles. The molecule has 1 N–H and O–H groups in total. The van der Waals surface area contributed by atoms with Crippen LogP contribution in [0.4, 0.5) is 5.82 Å². The van der Waals surface area contributed by atoms with E-state index in [0.717, 1.165) is 30.2 Å². The predicted octanol–water partition coefficient (Wildman–Crippen LogP) is 2.59. The molecule has 0 bridgehead atoms. The minimum atomic E-state index is 0.843. The number of hydrogen-bond acceptors (Lipinski definition) is 5. The van der Waals surface area contributed by atoms with Gasteiger partial charge in [-0.05, 0) is 19.4 Å². The van der Waals surface area contributed by atoms with Crippen molar-refractivity contribution in [3.63, 3.8) is 0 Å². The van der Waals surface area contributed by atoms with Gasteiger partial charge in [-0.1, -0.05) is 0 Å². The first kappa shape index (κ1) is 11.8. The van der Waals surface area contributed by atoms with Crippen LogP contribution in [0.3, 0.4) is 0 Å². The van der Waals surface area contributed by atoms with Crippen molar-refractivity contribution in [2.45, 2.75) is 26.8 Å². The molecule has 1 aliphatic heterocycles. The maximum atomic E-state index is 4.55. The van der Waals surface area contributed by atoms with Crippen molar-refractivity contribution in [3.8, 4) is 0 Å². The number of aryl methyl sites for hydroxylation is 2. The molecule has 0 saturated carbocycles. The van der Waals surface area contributed by atoms with E-state index in [-0.39, 0.29) is 0 Å². The lowest BCUT2D eigenvalue weighted by molar-refractivity contribution is 0.703. The van der Waals surface area contributed by atoms with Crippen LogP contribution < -0.4 is 4.90 Å². The number of imidazole rings is 1. The molecule has 0 fully saturated rings. The Labute approximate surface area is 120 Å². The molecule has 4 heterocycles. The fraction of sp³-hybridized carbons (Fsp3) is 0.357. The number of hydrogen-bond donors (Lipinski definition) is 1. The number of nitrogens with zero attached hydrogens (tertiary/aromatic N) is 4. The molecule has 102 valence electrons. The summed E-state index contributed by atoms with van der Waals surface area (Å²) in [6, 6.07) is 0. The fourth-order valence-electron chi connectivity index (χ4n) is 2.80. The second-order valence-electron chi connectivity index (χ2n) is 5.16. The normalized spacial score (nSPS) is 14.8. The van der Waals surface area contributed by atoms with Gasteiger partial charge >= 0.3 is 0 Å². The monoisotopic (exact) mass is 285 g/mol. The summed E-state index contributed by atoms with van der Waals surface area (Å²) in [6.45, 7) is 6.11. The van der Waals surface area contributed by atoms with Crippen LogP contribution in [0.25, 0.3) is 10.2 Å². The van der Waals surface area contributed by atoms with Crippen LogP contribution in [0.1, 0.15) is 21.8 Å². The Morgan fingerprint density at radius 2 is 2.15 bits per heavy atom. The minimum Gasteiger partial charge on any atom is -0.350 e. The number of anilines is 1. The molecule has 20 heavy (non-hydrogen) atoms. The molecule has 0 amide bonds. The molecule has 1 aliphatic rings. The highest BCUT2D eigenvalue weighted by Crippen LogP contribution is 2.35. The summed E-state index contributed by atoms with van der Waals surface area (Å²) in [7, 11) is 0. The van der Waals surface area contributed by atoms with Crippen molar-refractivity contribution < 1.29 is 0 Å². The van der Waals surface area contributed by atoms with Crippen molar-refractivity contribution in [1.29, 1.82) is 0 Å². The average molecular weight is 285 g/mol. The largest absolute Gasteiger partial charge is 0.350 e. The smallest absolute Gasteiger partial charge is 0.141 e. The number of H-pyrrole nitrogens is 1. The molecule has 4 rings (SSSR count). The Hall–Kier alpha value is -1.95. The zero-order valence-corrected chi connectivity index (χ0v) is 12.3. The number of aromatic amines is 1. The van der Waals surface area contributed by atoms with Gasteiger partial charge in [0.2, 0.25) is 0 Å². The molecule has 0 spiro atoms. The van der Waals surface area contributed by atoms with E-state index in [1.54, 1.807) is 24.0 Å². The number of nitrogens with one attached hydrogen (secondary N) is 1. The van der Waals surface area contributed by atoms with Crippen LogP contribution in [-0.2, 0) is 13.0 Å². The highest BCUT2D eigenvalue weighted by atomic mass is 32.1. The lowest BCUT2D eigenvalue weighted by Gasteiger charge is -2.27. The van der Waals surface area contributed by atoms with Crippen LogP contribution in [0.2, 0.25) is 0 Å². The molecule has 3 aromatic rings. The van der Waals surface area contributed by atoms with Crippen LogP contribution in [-0.4, -0.2) is 26.5 Å². The predicted molar refractivity (Wildman–Crippen MR) is 80.2 cm³/mol. The second kappa shape index (κ2) is 4.28. The third kappa shape index (κ3) is 1.64. The maximum absolute atomic E-state index is 4.55. The van der Waals surface area contributed by atoms with E-state index in [1.807, 2.05) is 0 Å². The number of rotatable bonds is 1. The topological polar surface area (TPSA) is 57.7 Å². The Kier molecular flexibility index (Phi) is 2.53. The molecule has 0 radical (unpaired) electrons.